The van der Waals surface area contributed by atoms with Crippen LogP contribution in [0.4, 0.5) is 0 Å². The van der Waals surface area contributed by atoms with Crippen molar-refractivity contribution in [3.05, 3.63) is 23.3 Å². The minimum absolute atomic E-state index is 0.0918. The molecule has 154 valence electrons. The second-order valence-corrected chi connectivity index (χ2v) is 10.5. The van der Waals surface area contributed by atoms with Crippen LogP contribution in [0.3, 0.4) is 0 Å². The van der Waals surface area contributed by atoms with E-state index in [-0.39, 0.29) is 24.6 Å². The first kappa shape index (κ1) is 18.7. The van der Waals surface area contributed by atoms with Crippen LogP contribution in [0, 0.1) is 5.92 Å². The lowest BCUT2D eigenvalue weighted by Crippen LogP contribution is -2.57. The topological polar surface area (TPSA) is 85.1 Å². The van der Waals surface area contributed by atoms with E-state index in [1.807, 2.05) is 4.31 Å². The molecule has 7 nitrogen and oxygen atoms in total. The summed E-state index contributed by atoms with van der Waals surface area (Å²) < 4.78 is 38.9. The molecule has 0 amide bonds. The molecule has 1 aromatic rings. The van der Waals surface area contributed by atoms with Gasteiger partial charge in [0.1, 0.15) is 0 Å². The van der Waals surface area contributed by atoms with Crippen molar-refractivity contribution in [2.24, 2.45) is 11.7 Å². The predicted molar refractivity (Wildman–Crippen MR) is 106 cm³/mol. The van der Waals surface area contributed by atoms with Crippen LogP contribution in [0.2, 0.25) is 0 Å². The molecule has 5 rings (SSSR count). The summed E-state index contributed by atoms with van der Waals surface area (Å²) >= 11 is 0. The Morgan fingerprint density at radius 3 is 2.82 bits per heavy atom. The molecule has 2 saturated heterocycles. The number of fused-ring (bicyclic) bond motifs is 5. The molecule has 4 heterocycles. The number of ether oxygens (including phenoxy) is 2. The van der Waals surface area contributed by atoms with E-state index in [4.69, 9.17) is 15.2 Å². The molecule has 0 bridgehead atoms. The normalized spacial score (nSPS) is 29.8. The van der Waals surface area contributed by atoms with Crippen LogP contribution < -0.4 is 15.2 Å². The van der Waals surface area contributed by atoms with Crippen LogP contribution in [-0.2, 0) is 16.4 Å². The van der Waals surface area contributed by atoms with Gasteiger partial charge in [-0.2, -0.15) is 4.31 Å². The van der Waals surface area contributed by atoms with Crippen LogP contribution in [0.15, 0.2) is 12.1 Å². The SMILES string of the molecule is NCCCS(=O)(=O)N1CCC[C@@H]2CN3CCc4cc5c(cc4[C@@H]3C[C@@H]21)OCO5. The molecular weight excluding hydrogens is 378 g/mol. The number of nitrogens with two attached hydrogens (primary N) is 1. The zero-order chi connectivity index (χ0) is 19.3. The number of hydrogen-bond acceptors (Lipinski definition) is 6. The summed E-state index contributed by atoms with van der Waals surface area (Å²) in [5.74, 6) is 2.24. The molecule has 28 heavy (non-hydrogen) atoms. The monoisotopic (exact) mass is 407 g/mol. The van der Waals surface area contributed by atoms with E-state index in [1.54, 1.807) is 0 Å². The average molecular weight is 408 g/mol. The second-order valence-electron chi connectivity index (χ2n) is 8.44. The number of rotatable bonds is 4. The molecule has 4 aliphatic rings. The van der Waals surface area contributed by atoms with Gasteiger partial charge < -0.3 is 15.2 Å². The Labute approximate surface area is 166 Å². The lowest BCUT2D eigenvalue weighted by Gasteiger charge is -2.51. The minimum atomic E-state index is -3.25. The van der Waals surface area contributed by atoms with E-state index >= 15 is 0 Å². The number of nitrogens with zero attached hydrogens (tertiary/aromatic N) is 2. The highest BCUT2D eigenvalue weighted by atomic mass is 32.2. The number of piperidine rings is 2. The fourth-order valence-electron chi connectivity index (χ4n) is 5.52. The van der Waals surface area contributed by atoms with E-state index in [0.29, 0.717) is 25.4 Å². The van der Waals surface area contributed by atoms with Crippen molar-refractivity contribution in [3.63, 3.8) is 0 Å². The van der Waals surface area contributed by atoms with Crippen molar-refractivity contribution >= 4 is 10.0 Å². The highest BCUT2D eigenvalue weighted by Crippen LogP contribution is 2.46. The highest BCUT2D eigenvalue weighted by Gasteiger charge is 2.46. The molecule has 0 aliphatic carbocycles. The quantitative estimate of drug-likeness (QED) is 0.814. The number of sulfonamides is 1. The summed E-state index contributed by atoms with van der Waals surface area (Å²) in [5, 5.41) is 0. The molecule has 2 fully saturated rings. The summed E-state index contributed by atoms with van der Waals surface area (Å²) in [7, 11) is -3.25. The van der Waals surface area contributed by atoms with Gasteiger partial charge in [-0.1, -0.05) is 0 Å². The fraction of sp³-hybridized carbons (Fsp3) is 0.700. The molecule has 0 unspecified atom stereocenters. The molecular formula is C20H29N3O4S. The van der Waals surface area contributed by atoms with E-state index in [1.165, 1.54) is 11.1 Å². The fourth-order valence-corrected chi connectivity index (χ4v) is 7.37. The van der Waals surface area contributed by atoms with Gasteiger partial charge in [0, 0.05) is 31.7 Å². The maximum Gasteiger partial charge on any atom is 0.231 e. The van der Waals surface area contributed by atoms with Crippen molar-refractivity contribution in [1.29, 1.82) is 0 Å². The van der Waals surface area contributed by atoms with Gasteiger partial charge >= 0.3 is 0 Å². The summed E-state index contributed by atoms with van der Waals surface area (Å²) in [6.45, 7) is 3.35. The van der Waals surface area contributed by atoms with Gasteiger partial charge in [-0.25, -0.2) is 8.42 Å². The van der Waals surface area contributed by atoms with Crippen LogP contribution in [0.1, 0.15) is 42.9 Å². The highest BCUT2D eigenvalue weighted by molar-refractivity contribution is 7.89. The van der Waals surface area contributed by atoms with Crippen molar-refractivity contribution in [2.75, 3.05) is 38.7 Å². The van der Waals surface area contributed by atoms with Crippen molar-refractivity contribution in [3.8, 4) is 11.5 Å². The Kier molecular flexibility index (Phi) is 4.77. The van der Waals surface area contributed by atoms with Gasteiger partial charge in [0.05, 0.1) is 5.75 Å². The third kappa shape index (κ3) is 3.10. The Hall–Kier alpha value is -1.35. The lowest BCUT2D eigenvalue weighted by atomic mass is 9.77. The van der Waals surface area contributed by atoms with Crippen LogP contribution in [0.25, 0.3) is 0 Å². The number of hydrogen-bond donors (Lipinski definition) is 1. The number of benzene rings is 1. The largest absolute Gasteiger partial charge is 0.454 e. The van der Waals surface area contributed by atoms with Gasteiger partial charge in [0.2, 0.25) is 16.8 Å². The Morgan fingerprint density at radius 1 is 1.18 bits per heavy atom. The minimum Gasteiger partial charge on any atom is -0.454 e. The first-order valence-electron chi connectivity index (χ1n) is 10.4. The zero-order valence-electron chi connectivity index (χ0n) is 16.2. The lowest BCUT2D eigenvalue weighted by molar-refractivity contribution is 0.0219. The Balaban J connectivity index is 1.45. The molecule has 0 aromatic heterocycles. The standard InChI is InChI=1S/C20H29N3O4S/c21-5-2-8-28(24,25)23-6-1-3-15-12-22-7-4-14-9-19-20(27-13-26-19)10-16(14)18(22)11-17(15)23/h9-10,15,17-18H,1-8,11-13,21H2/t15-,17+,18+/m1/s1. The van der Waals surface area contributed by atoms with Gasteiger partial charge in [-0.3, -0.25) is 4.90 Å². The third-order valence-electron chi connectivity index (χ3n) is 6.87. The van der Waals surface area contributed by atoms with Gasteiger partial charge in [0.15, 0.2) is 11.5 Å². The summed E-state index contributed by atoms with van der Waals surface area (Å²) in [6.07, 6.45) is 4.47. The van der Waals surface area contributed by atoms with Gasteiger partial charge in [-0.05, 0) is 67.8 Å². The maximum absolute atomic E-state index is 13.0. The first-order chi connectivity index (χ1) is 13.6. The summed E-state index contributed by atoms with van der Waals surface area (Å²) in [5.41, 5.74) is 8.18. The second kappa shape index (κ2) is 7.16. The first-order valence-corrected chi connectivity index (χ1v) is 12.0. The zero-order valence-corrected chi connectivity index (χ0v) is 17.0. The van der Waals surface area contributed by atoms with Gasteiger partial charge in [-0.15, -0.1) is 0 Å². The predicted octanol–water partition coefficient (Wildman–Crippen LogP) is 1.48. The van der Waals surface area contributed by atoms with Gasteiger partial charge in [0.25, 0.3) is 0 Å². The summed E-state index contributed by atoms with van der Waals surface area (Å²) in [6, 6.07) is 4.60. The molecule has 0 radical (unpaired) electrons. The smallest absolute Gasteiger partial charge is 0.231 e. The molecule has 3 atom stereocenters. The molecule has 0 spiro atoms. The van der Waals surface area contributed by atoms with E-state index in [9.17, 15) is 8.42 Å². The molecule has 0 saturated carbocycles. The Bertz CT molecular complexity index is 859. The van der Waals surface area contributed by atoms with E-state index < -0.39 is 10.0 Å². The molecule has 2 N–H and O–H groups in total. The maximum atomic E-state index is 13.0. The third-order valence-corrected chi connectivity index (χ3v) is 8.84. The molecule has 4 aliphatic heterocycles. The summed E-state index contributed by atoms with van der Waals surface area (Å²) in [4.78, 5) is 2.56. The van der Waals surface area contributed by atoms with Crippen LogP contribution >= 0.6 is 0 Å². The van der Waals surface area contributed by atoms with Crippen molar-refractivity contribution < 1.29 is 17.9 Å². The van der Waals surface area contributed by atoms with Crippen LogP contribution in [0.5, 0.6) is 11.5 Å². The van der Waals surface area contributed by atoms with Crippen molar-refractivity contribution in [2.45, 2.75) is 44.2 Å². The Morgan fingerprint density at radius 2 is 2.00 bits per heavy atom. The van der Waals surface area contributed by atoms with E-state index in [0.717, 1.165) is 50.3 Å². The van der Waals surface area contributed by atoms with Crippen molar-refractivity contribution in [1.82, 2.24) is 9.21 Å². The molecule has 8 heteroatoms. The van der Waals surface area contributed by atoms with E-state index in [2.05, 4.69) is 17.0 Å². The average Bonchev–Trinajstić information content (AvgIpc) is 3.16. The molecule has 1 aromatic carbocycles. The van der Waals surface area contributed by atoms with Crippen LogP contribution in [-0.4, -0.2) is 62.4 Å².